The first kappa shape index (κ1) is 20.5. The van der Waals surface area contributed by atoms with Crippen LogP contribution in [0.5, 0.6) is 11.5 Å². The van der Waals surface area contributed by atoms with Crippen molar-refractivity contribution in [2.75, 3.05) is 19.5 Å². The minimum Gasteiger partial charge on any atom is -0.497 e. The number of fused-ring (bicyclic) bond motifs is 1. The van der Waals surface area contributed by atoms with Gasteiger partial charge in [0.2, 0.25) is 5.55 Å². The molecule has 6 nitrogen and oxygen atoms in total. The van der Waals surface area contributed by atoms with Crippen LogP contribution < -0.4 is 20.3 Å². The molecule has 1 heterocycles. The highest BCUT2D eigenvalue weighted by Gasteiger charge is 2.14. The summed E-state index contributed by atoms with van der Waals surface area (Å²) in [5, 5.41) is 4.22. The lowest BCUT2D eigenvalue weighted by molar-refractivity contribution is 0.102. The fourth-order valence-corrected chi connectivity index (χ4v) is 3.16. The molecule has 4 aromatic rings. The third-order valence-electron chi connectivity index (χ3n) is 4.61. The first-order valence-electron chi connectivity index (χ1n) is 9.44. The highest BCUT2D eigenvalue weighted by Crippen LogP contribution is 2.31. The van der Waals surface area contributed by atoms with Crippen LogP contribution in [0.15, 0.2) is 82.2 Å². The number of carbonyl (C=O) groups excluding carboxylic acids is 1. The number of amides is 1. The van der Waals surface area contributed by atoms with Crippen molar-refractivity contribution in [3.8, 4) is 11.5 Å². The van der Waals surface area contributed by atoms with Crippen molar-refractivity contribution < 1.29 is 18.7 Å². The maximum absolute atomic E-state index is 13.1. The van der Waals surface area contributed by atoms with Crippen LogP contribution in [0.2, 0.25) is 5.02 Å². The van der Waals surface area contributed by atoms with E-state index in [9.17, 15) is 4.79 Å². The first-order valence-corrected chi connectivity index (χ1v) is 9.82. The molecule has 1 N–H and O–H groups in total. The van der Waals surface area contributed by atoms with Gasteiger partial charge in [0.05, 0.1) is 14.2 Å². The van der Waals surface area contributed by atoms with E-state index >= 15 is 0 Å². The number of nitrogens with zero attached hydrogens (tertiary/aromatic N) is 1. The minimum atomic E-state index is -0.358. The third kappa shape index (κ3) is 4.54. The Hall–Kier alpha value is -3.77. The summed E-state index contributed by atoms with van der Waals surface area (Å²) in [7, 11) is 3.11. The normalized spacial score (nSPS) is 11.4. The Kier molecular flexibility index (Phi) is 5.91. The Bertz CT molecular complexity index is 1310. The zero-order chi connectivity index (χ0) is 21.8. The van der Waals surface area contributed by atoms with E-state index in [-0.39, 0.29) is 17.0 Å². The van der Waals surface area contributed by atoms with Gasteiger partial charge in [-0.15, -0.1) is 0 Å². The molecule has 0 saturated heterocycles. The second kappa shape index (κ2) is 8.93. The zero-order valence-corrected chi connectivity index (χ0v) is 17.6. The molecule has 0 saturated carbocycles. The Morgan fingerprint density at radius 3 is 2.48 bits per heavy atom. The lowest BCUT2D eigenvalue weighted by atomic mass is 10.1. The standard InChI is InChI=1S/C24H19ClN2O4/c1-29-18-11-12-20(22(14-18)30-2)27-24-19(13-15-5-3-4-6-21(15)31-24)23(28)26-17-9-7-16(25)8-10-17/h3-14H,1-2H3,(H,26,28). The van der Waals surface area contributed by atoms with Crippen LogP contribution in [0.25, 0.3) is 11.0 Å². The number of anilines is 1. The van der Waals surface area contributed by atoms with E-state index < -0.39 is 0 Å². The summed E-state index contributed by atoms with van der Waals surface area (Å²) < 4.78 is 16.7. The maximum Gasteiger partial charge on any atom is 0.261 e. The summed E-state index contributed by atoms with van der Waals surface area (Å²) in [4.78, 5) is 17.7. The van der Waals surface area contributed by atoms with Crippen molar-refractivity contribution in [1.29, 1.82) is 0 Å². The van der Waals surface area contributed by atoms with Gasteiger partial charge in [-0.05, 0) is 48.5 Å². The molecular formula is C24H19ClN2O4. The largest absolute Gasteiger partial charge is 0.497 e. The number of methoxy groups -OCH3 is 2. The third-order valence-corrected chi connectivity index (χ3v) is 4.86. The molecule has 3 aromatic carbocycles. The summed E-state index contributed by atoms with van der Waals surface area (Å²) in [6.45, 7) is 0. The van der Waals surface area contributed by atoms with Crippen LogP contribution in [-0.2, 0) is 0 Å². The molecule has 0 radical (unpaired) electrons. The molecule has 4 rings (SSSR count). The van der Waals surface area contributed by atoms with Crippen LogP contribution in [-0.4, -0.2) is 20.1 Å². The van der Waals surface area contributed by atoms with Crippen molar-refractivity contribution in [1.82, 2.24) is 0 Å². The monoisotopic (exact) mass is 434 g/mol. The van der Waals surface area contributed by atoms with Crippen molar-refractivity contribution in [2.45, 2.75) is 0 Å². The molecule has 0 aliphatic heterocycles. The molecule has 0 fully saturated rings. The topological polar surface area (TPSA) is 73.1 Å². The van der Waals surface area contributed by atoms with E-state index in [1.807, 2.05) is 24.3 Å². The van der Waals surface area contributed by atoms with Gasteiger partial charge in [-0.3, -0.25) is 4.79 Å². The smallest absolute Gasteiger partial charge is 0.261 e. The molecule has 0 aliphatic carbocycles. The predicted octanol–water partition coefficient (Wildman–Crippen LogP) is 5.59. The molecule has 0 aliphatic rings. The number of hydrogen-bond donors (Lipinski definition) is 1. The van der Waals surface area contributed by atoms with E-state index in [0.29, 0.717) is 33.5 Å². The number of ether oxygens (including phenoxy) is 2. The van der Waals surface area contributed by atoms with Gasteiger partial charge in [0.25, 0.3) is 5.91 Å². The molecule has 0 spiro atoms. The summed E-state index contributed by atoms with van der Waals surface area (Å²) in [5.41, 5.74) is 2.16. The second-order valence-electron chi connectivity index (χ2n) is 6.61. The summed E-state index contributed by atoms with van der Waals surface area (Å²) in [5.74, 6) is 0.766. The zero-order valence-electron chi connectivity index (χ0n) is 16.9. The summed E-state index contributed by atoms with van der Waals surface area (Å²) >= 11 is 5.93. The molecule has 156 valence electrons. The van der Waals surface area contributed by atoms with E-state index in [4.69, 9.17) is 25.5 Å². The fourth-order valence-electron chi connectivity index (χ4n) is 3.03. The van der Waals surface area contributed by atoms with Gasteiger partial charge in [0, 0.05) is 22.2 Å². The summed E-state index contributed by atoms with van der Waals surface area (Å²) in [6, 6.07) is 21.2. The van der Waals surface area contributed by atoms with Gasteiger partial charge in [0.15, 0.2) is 0 Å². The minimum absolute atomic E-state index is 0.161. The van der Waals surface area contributed by atoms with Gasteiger partial charge in [-0.1, -0.05) is 29.8 Å². The highest BCUT2D eigenvalue weighted by molar-refractivity contribution is 6.30. The number of para-hydroxylation sites is 1. The molecule has 7 heteroatoms. The van der Waals surface area contributed by atoms with Crippen molar-refractivity contribution in [3.05, 3.63) is 88.9 Å². The molecular weight excluding hydrogens is 416 g/mol. The van der Waals surface area contributed by atoms with Crippen molar-refractivity contribution in [2.24, 2.45) is 4.99 Å². The average Bonchev–Trinajstić information content (AvgIpc) is 2.80. The number of hydrogen-bond acceptors (Lipinski definition) is 5. The molecule has 0 atom stereocenters. The SMILES string of the molecule is COc1ccc(N=c2oc3ccccc3cc2C(=O)Nc2ccc(Cl)cc2)c(OC)c1. The number of carbonyl (C=O) groups is 1. The van der Waals surface area contributed by atoms with Gasteiger partial charge < -0.3 is 19.2 Å². The highest BCUT2D eigenvalue weighted by atomic mass is 35.5. The molecule has 1 aromatic heterocycles. The Balaban J connectivity index is 1.85. The number of nitrogens with one attached hydrogen (secondary N) is 1. The predicted molar refractivity (Wildman–Crippen MR) is 120 cm³/mol. The maximum atomic E-state index is 13.1. The Morgan fingerprint density at radius 2 is 1.74 bits per heavy atom. The molecule has 0 bridgehead atoms. The summed E-state index contributed by atoms with van der Waals surface area (Å²) in [6.07, 6.45) is 0. The number of halogens is 1. The fraction of sp³-hybridized carbons (Fsp3) is 0.0833. The Morgan fingerprint density at radius 1 is 0.968 bits per heavy atom. The number of rotatable bonds is 5. The molecule has 1 amide bonds. The van der Waals surface area contributed by atoms with Crippen LogP contribution in [0, 0.1) is 0 Å². The van der Waals surface area contributed by atoms with Gasteiger partial charge in [-0.25, -0.2) is 4.99 Å². The second-order valence-corrected chi connectivity index (χ2v) is 7.05. The molecule has 0 unspecified atom stereocenters. The van der Waals surface area contributed by atoms with Crippen LogP contribution in [0.1, 0.15) is 10.4 Å². The van der Waals surface area contributed by atoms with Crippen LogP contribution in [0.4, 0.5) is 11.4 Å². The van der Waals surface area contributed by atoms with Crippen LogP contribution >= 0.6 is 11.6 Å². The van der Waals surface area contributed by atoms with Gasteiger partial charge in [-0.2, -0.15) is 0 Å². The van der Waals surface area contributed by atoms with Crippen molar-refractivity contribution >= 4 is 39.9 Å². The van der Waals surface area contributed by atoms with Crippen molar-refractivity contribution in [3.63, 3.8) is 0 Å². The van der Waals surface area contributed by atoms with Gasteiger partial charge in [0.1, 0.15) is 28.3 Å². The quantitative estimate of drug-likeness (QED) is 0.444. The van der Waals surface area contributed by atoms with Gasteiger partial charge >= 0.3 is 0 Å². The Labute approximate surface area is 183 Å². The lowest BCUT2D eigenvalue weighted by Gasteiger charge is -2.09. The number of benzene rings is 3. The average molecular weight is 435 g/mol. The van der Waals surface area contributed by atoms with Crippen LogP contribution in [0.3, 0.4) is 0 Å². The lowest BCUT2D eigenvalue weighted by Crippen LogP contribution is -2.21. The van der Waals surface area contributed by atoms with E-state index in [0.717, 1.165) is 5.39 Å². The van der Waals surface area contributed by atoms with E-state index in [2.05, 4.69) is 10.3 Å². The first-order chi connectivity index (χ1) is 15.1. The molecule has 31 heavy (non-hydrogen) atoms. The van der Waals surface area contributed by atoms with E-state index in [1.165, 1.54) is 0 Å². The van der Waals surface area contributed by atoms with E-state index in [1.54, 1.807) is 62.8 Å².